The van der Waals surface area contributed by atoms with Gasteiger partial charge in [-0.1, -0.05) is 84.8 Å². The molecule has 10 atom stereocenters. The molecule has 2 saturated heterocycles. The van der Waals surface area contributed by atoms with Gasteiger partial charge in [-0.05, 0) is 11.6 Å². The molecule has 18 nitrogen and oxygen atoms in total. The van der Waals surface area contributed by atoms with Gasteiger partial charge in [-0.2, -0.15) is 0 Å². The monoisotopic (exact) mass is 915 g/mol. The Balaban J connectivity index is 2.18. The average Bonchev–Trinajstić information content (AvgIpc) is 3.10. The number of benzene rings is 1. The third-order valence-electron chi connectivity index (χ3n) is 8.37. The third-order valence-corrected chi connectivity index (χ3v) is 10.4. The van der Waals surface area contributed by atoms with Crippen LogP contribution in [0, 0.1) is 0 Å². The molecule has 1 aromatic rings. The highest BCUT2D eigenvalue weighted by Gasteiger charge is 2.57. The van der Waals surface area contributed by atoms with Crippen LogP contribution in [0.3, 0.4) is 0 Å². The lowest BCUT2D eigenvalue weighted by Gasteiger charge is -2.49. The van der Waals surface area contributed by atoms with E-state index < -0.39 is 122 Å². The van der Waals surface area contributed by atoms with Gasteiger partial charge in [0.1, 0.15) is 37.6 Å². The predicted molar refractivity (Wildman–Crippen MR) is 210 cm³/mol. The molecule has 59 heavy (non-hydrogen) atoms. The Bertz CT molecular complexity index is 1580. The summed E-state index contributed by atoms with van der Waals surface area (Å²) in [6.45, 7) is 10.6. The molecule has 2 heterocycles. The molecule has 0 aliphatic carbocycles. The Kier molecular flexibility index (Phi) is 19.6. The molecule has 2 fully saturated rings. The van der Waals surface area contributed by atoms with E-state index in [9.17, 15) is 28.8 Å². The van der Waals surface area contributed by atoms with Crippen molar-refractivity contribution in [3.63, 3.8) is 0 Å². The molecule has 0 radical (unpaired) electrons. The van der Waals surface area contributed by atoms with Crippen LogP contribution in [-0.2, 0) is 82.7 Å². The maximum Gasteiger partial charge on any atom is 0.407 e. The number of esters is 5. The van der Waals surface area contributed by atoms with Crippen molar-refractivity contribution in [1.29, 1.82) is 0 Å². The molecule has 332 valence electrons. The Morgan fingerprint density at radius 2 is 1.22 bits per heavy atom. The minimum atomic E-state index is -1.98. The van der Waals surface area contributed by atoms with Crippen LogP contribution in [0.5, 0.6) is 0 Å². The number of hydrogen-bond acceptors (Lipinski definition) is 17. The van der Waals surface area contributed by atoms with E-state index in [1.807, 2.05) is 30.3 Å². The SMILES string of the molecule is CC(=O)OC[C@H]1O[C@@H](O[C@H]2[C@H](OC(C)=O)[C@@H](NC(=O)OCC(Cl)(Cl)Cl)[C@H](OCC[Si](C)(C)C)O[C@@H]2COCc2ccccc2)[C@H](OC(C)=O)[C@@H](OC(C)=O)[C@H]1OC(C)=O. The van der Waals surface area contributed by atoms with Crippen LogP contribution in [0.25, 0.3) is 0 Å². The van der Waals surface area contributed by atoms with E-state index in [4.69, 9.17) is 86.9 Å². The lowest BCUT2D eigenvalue weighted by atomic mass is 9.95. The van der Waals surface area contributed by atoms with Gasteiger partial charge in [-0.25, -0.2) is 4.79 Å². The minimum absolute atomic E-state index is 0.0941. The van der Waals surface area contributed by atoms with Crippen LogP contribution in [0.4, 0.5) is 4.79 Å². The number of ether oxygens (including phenoxy) is 11. The Labute approximate surface area is 358 Å². The lowest BCUT2D eigenvalue weighted by Crippen LogP contribution is -2.69. The highest BCUT2D eigenvalue weighted by Crippen LogP contribution is 2.35. The predicted octanol–water partition coefficient (Wildman–Crippen LogP) is 4.15. The zero-order valence-corrected chi connectivity index (χ0v) is 37.2. The van der Waals surface area contributed by atoms with Crippen LogP contribution in [0.15, 0.2) is 30.3 Å². The third kappa shape index (κ3) is 17.7. The molecule has 0 bridgehead atoms. The number of halogens is 3. The summed E-state index contributed by atoms with van der Waals surface area (Å²) >= 11 is 17.5. The fourth-order valence-corrected chi connectivity index (χ4v) is 6.85. The van der Waals surface area contributed by atoms with E-state index in [0.717, 1.165) is 40.2 Å². The molecule has 2 aliphatic rings. The lowest BCUT2D eigenvalue weighted by molar-refractivity contribution is -0.350. The van der Waals surface area contributed by atoms with Gasteiger partial charge in [0.25, 0.3) is 0 Å². The largest absolute Gasteiger partial charge is 0.463 e. The van der Waals surface area contributed by atoms with Crippen LogP contribution in [0.1, 0.15) is 40.2 Å². The quantitative estimate of drug-likeness (QED) is 0.0947. The van der Waals surface area contributed by atoms with Crippen LogP contribution < -0.4 is 5.32 Å². The molecular formula is C37H52Cl3NO17Si. The molecule has 0 unspecified atom stereocenters. The number of nitrogens with one attached hydrogen (secondary N) is 1. The van der Waals surface area contributed by atoms with Crippen molar-refractivity contribution >= 4 is 78.8 Å². The molecule has 2 aliphatic heterocycles. The highest BCUT2D eigenvalue weighted by atomic mass is 35.6. The molecule has 3 rings (SSSR count). The van der Waals surface area contributed by atoms with Crippen LogP contribution in [0.2, 0.25) is 25.7 Å². The summed E-state index contributed by atoms with van der Waals surface area (Å²) in [5, 5.41) is 2.58. The van der Waals surface area contributed by atoms with Gasteiger partial charge >= 0.3 is 35.9 Å². The fourth-order valence-electron chi connectivity index (χ4n) is 5.96. The van der Waals surface area contributed by atoms with E-state index in [2.05, 4.69) is 25.0 Å². The normalized spacial score (nSPS) is 27.1. The Hall–Kier alpha value is -3.27. The van der Waals surface area contributed by atoms with Crippen LogP contribution >= 0.6 is 34.8 Å². The van der Waals surface area contributed by atoms with Gasteiger partial charge in [-0.15, -0.1) is 0 Å². The second-order valence-electron chi connectivity index (χ2n) is 14.8. The van der Waals surface area contributed by atoms with Crippen molar-refractivity contribution in [3.05, 3.63) is 35.9 Å². The van der Waals surface area contributed by atoms with E-state index in [1.165, 1.54) is 0 Å². The Morgan fingerprint density at radius 3 is 1.78 bits per heavy atom. The fraction of sp³-hybridized carbons (Fsp3) is 0.676. The summed E-state index contributed by atoms with van der Waals surface area (Å²) in [7, 11) is -1.70. The number of alkyl halides is 3. The molecule has 1 N–H and O–H groups in total. The summed E-state index contributed by atoms with van der Waals surface area (Å²) in [4.78, 5) is 75.5. The summed E-state index contributed by atoms with van der Waals surface area (Å²) in [6.07, 6.45) is -14.6. The number of alkyl carbamates (subject to hydrolysis) is 1. The number of rotatable bonds is 18. The summed E-state index contributed by atoms with van der Waals surface area (Å²) in [5.41, 5.74) is 0.802. The van der Waals surface area contributed by atoms with Gasteiger partial charge in [0.2, 0.25) is 3.79 Å². The zero-order chi connectivity index (χ0) is 44.1. The maximum atomic E-state index is 13.3. The van der Waals surface area contributed by atoms with Gasteiger partial charge in [0, 0.05) is 49.3 Å². The van der Waals surface area contributed by atoms with Crippen molar-refractivity contribution in [3.8, 4) is 0 Å². The highest BCUT2D eigenvalue weighted by molar-refractivity contribution is 6.76. The summed E-state index contributed by atoms with van der Waals surface area (Å²) in [5.74, 6) is -4.18. The van der Waals surface area contributed by atoms with E-state index in [0.29, 0.717) is 6.04 Å². The molecular weight excluding hydrogens is 865 g/mol. The molecule has 0 spiro atoms. The first-order valence-corrected chi connectivity index (χ1v) is 23.4. The van der Waals surface area contributed by atoms with Crippen molar-refractivity contribution in [2.45, 2.75) is 132 Å². The first-order chi connectivity index (χ1) is 27.5. The first-order valence-electron chi connectivity index (χ1n) is 18.5. The van der Waals surface area contributed by atoms with Gasteiger partial charge < -0.3 is 57.4 Å². The molecule has 0 saturated carbocycles. The van der Waals surface area contributed by atoms with E-state index in [1.54, 1.807) is 0 Å². The average molecular weight is 917 g/mol. The number of hydrogen-bond donors (Lipinski definition) is 1. The smallest absolute Gasteiger partial charge is 0.407 e. The molecule has 22 heteroatoms. The summed E-state index contributed by atoms with van der Waals surface area (Å²) < 4.78 is 62.4. The van der Waals surface area contributed by atoms with Crippen molar-refractivity contribution < 1.29 is 80.9 Å². The van der Waals surface area contributed by atoms with Crippen molar-refractivity contribution in [2.24, 2.45) is 0 Å². The first kappa shape index (κ1) is 50.1. The minimum Gasteiger partial charge on any atom is -0.463 e. The Morgan fingerprint density at radius 1 is 0.678 bits per heavy atom. The molecule has 1 aromatic carbocycles. The topological polar surface area (TPSA) is 216 Å². The number of carbonyl (C=O) groups is 6. The van der Waals surface area contributed by atoms with E-state index >= 15 is 0 Å². The standard InChI is InChI=1S/C37H52Cl3NO17Si/c1-20(42)50-18-27-30(52-21(2)43)32(54-23(4)45)33(55-24(5)46)35(57-27)58-29-26(17-48-16-25-12-10-9-11-13-25)56-34(49-14-15-59(6,7)8)28(31(29)53-22(3)44)41-36(47)51-19-37(38,39)40/h9-13,26-35H,14-19H2,1-8H3,(H,41,47)/t26-,27-,28-,29-,30+,31-,32+,33-,34-,35+/m1/s1. The second kappa shape index (κ2) is 23.1. The summed E-state index contributed by atoms with van der Waals surface area (Å²) in [6, 6.07) is 8.41. The van der Waals surface area contributed by atoms with Gasteiger partial charge in [0.05, 0.1) is 13.2 Å². The second-order valence-corrected chi connectivity index (χ2v) is 23.0. The molecule has 0 aromatic heterocycles. The zero-order valence-electron chi connectivity index (χ0n) is 34.0. The van der Waals surface area contributed by atoms with Crippen molar-refractivity contribution in [2.75, 3.05) is 26.4 Å². The van der Waals surface area contributed by atoms with Gasteiger partial charge in [0.15, 0.2) is 37.0 Å². The van der Waals surface area contributed by atoms with Crippen LogP contribution in [-0.4, -0.2) is 136 Å². The number of amides is 1. The number of carbonyl (C=O) groups excluding carboxylic acids is 6. The molecule has 1 amide bonds. The maximum absolute atomic E-state index is 13.3. The van der Waals surface area contributed by atoms with E-state index in [-0.39, 0.29) is 19.8 Å². The van der Waals surface area contributed by atoms with Crippen molar-refractivity contribution in [1.82, 2.24) is 5.32 Å². The van der Waals surface area contributed by atoms with Gasteiger partial charge in [-0.3, -0.25) is 24.0 Å².